The molecule has 0 aromatic heterocycles. The summed E-state index contributed by atoms with van der Waals surface area (Å²) in [7, 11) is 2.07. The van der Waals surface area contributed by atoms with Crippen molar-refractivity contribution in [3.05, 3.63) is 84.1 Å². The molecule has 0 spiro atoms. The van der Waals surface area contributed by atoms with E-state index < -0.39 is 12.7 Å². The van der Waals surface area contributed by atoms with E-state index in [4.69, 9.17) is 0 Å². The summed E-state index contributed by atoms with van der Waals surface area (Å²) in [6, 6.07) is 23.4. The Morgan fingerprint density at radius 1 is 0.821 bits per heavy atom. The monoisotopic (exact) mass is 436 g/mol. The minimum atomic E-state index is -4.29. The molecule has 0 saturated carbocycles. The van der Waals surface area contributed by atoms with Crippen LogP contribution in [0, 0.1) is 0 Å². The quantitative estimate of drug-likeness (QED) is 0.454. The van der Waals surface area contributed by atoms with Crippen LogP contribution in [0.25, 0.3) is 16.8 Å². The van der Waals surface area contributed by atoms with Crippen LogP contribution in [-0.2, 0) is 7.67 Å². The van der Waals surface area contributed by atoms with Crippen LogP contribution in [0.4, 0.5) is 5.69 Å². The van der Waals surface area contributed by atoms with Gasteiger partial charge in [-0.15, -0.1) is 0 Å². The average molecular weight is 435 g/mol. The Kier molecular flexibility index (Phi) is 3.73. The van der Waals surface area contributed by atoms with Crippen molar-refractivity contribution < 1.29 is 7.67 Å². The summed E-state index contributed by atoms with van der Waals surface area (Å²) in [4.78, 5) is 4.49. The molecule has 2 heterocycles. The van der Waals surface area contributed by atoms with E-state index in [2.05, 4.69) is 35.9 Å². The van der Waals surface area contributed by atoms with E-state index in [0.29, 0.717) is 8.92 Å². The van der Waals surface area contributed by atoms with E-state index in [1.165, 1.54) is 0 Å². The van der Waals surface area contributed by atoms with E-state index in [-0.39, 0.29) is 0 Å². The van der Waals surface area contributed by atoms with Gasteiger partial charge in [0, 0.05) is 0 Å². The van der Waals surface area contributed by atoms with Crippen LogP contribution in [0.1, 0.15) is 12.5 Å². The molecule has 2 aliphatic heterocycles. The molecule has 3 aromatic rings. The van der Waals surface area contributed by atoms with Crippen LogP contribution in [0.5, 0.6) is 0 Å². The van der Waals surface area contributed by atoms with Crippen molar-refractivity contribution in [2.75, 3.05) is 18.6 Å². The third kappa shape index (κ3) is 2.37. The van der Waals surface area contributed by atoms with E-state index in [1.807, 2.05) is 42.5 Å². The predicted molar refractivity (Wildman–Crippen MR) is 112 cm³/mol. The fourth-order valence-corrected chi connectivity index (χ4v) is 7.77. The van der Waals surface area contributed by atoms with Gasteiger partial charge in [-0.05, 0) is 0 Å². The number of anilines is 1. The number of fused-ring (bicyclic) bond motifs is 3. The van der Waals surface area contributed by atoms with Gasteiger partial charge in [-0.3, -0.25) is 0 Å². The van der Waals surface area contributed by atoms with E-state index in [1.54, 1.807) is 18.2 Å². The molecule has 5 rings (SSSR count). The molecule has 0 amide bonds. The van der Waals surface area contributed by atoms with E-state index >= 15 is 0 Å². The molecule has 0 aliphatic carbocycles. The first kappa shape index (κ1) is 17.2. The molecule has 5 heteroatoms. The first-order valence-corrected chi connectivity index (χ1v) is 12.3. The van der Waals surface area contributed by atoms with Gasteiger partial charge < -0.3 is 0 Å². The summed E-state index contributed by atoms with van der Waals surface area (Å²) in [5.74, 6) is 0. The van der Waals surface area contributed by atoms with Crippen molar-refractivity contribution in [2.24, 2.45) is 0 Å². The number of hydrogen-bond acceptors (Lipinski definition) is 4. The van der Waals surface area contributed by atoms with E-state index in [0.717, 1.165) is 40.4 Å². The van der Waals surface area contributed by atoms with Crippen LogP contribution in [-0.4, -0.2) is 31.3 Å². The van der Waals surface area contributed by atoms with Gasteiger partial charge >= 0.3 is 166 Å². The minimum absolute atomic E-state index is 0.472. The molecule has 3 aromatic carbocycles. The van der Waals surface area contributed by atoms with Gasteiger partial charge in [-0.1, -0.05) is 0 Å². The molecule has 0 radical (unpaired) electrons. The molecule has 0 saturated heterocycles. The van der Waals surface area contributed by atoms with Crippen LogP contribution >= 0.6 is 0 Å². The molecule has 2 aliphatic rings. The first-order valence-electron chi connectivity index (χ1n) is 9.22. The normalized spacial score (nSPS) is 17.1. The predicted octanol–water partition coefficient (Wildman–Crippen LogP) is 3.18. The molecule has 28 heavy (non-hydrogen) atoms. The van der Waals surface area contributed by atoms with Crippen molar-refractivity contribution >= 4 is 33.0 Å². The standard InChI is InChI=1S/C23H20N2O2Se/c1-16-23(24(2)15-25(16)18-8-4-3-5-9-18)17-12-13-22-20(14-17)19-10-6-7-11-21(19)28(22,26)27/h3-14H,15H2,1-2H3. The Labute approximate surface area is 166 Å². The molecular formula is C23H20N2O2Se. The summed E-state index contributed by atoms with van der Waals surface area (Å²) in [5, 5.41) is 0. The van der Waals surface area contributed by atoms with Gasteiger partial charge in [-0.2, -0.15) is 0 Å². The second-order valence-corrected chi connectivity index (χ2v) is 11.2. The number of benzene rings is 3. The van der Waals surface area contributed by atoms with Crippen molar-refractivity contribution in [1.82, 2.24) is 4.90 Å². The topological polar surface area (TPSA) is 40.6 Å². The van der Waals surface area contributed by atoms with Crippen LogP contribution < -0.4 is 13.8 Å². The Morgan fingerprint density at radius 3 is 2.29 bits per heavy atom. The molecule has 0 unspecified atom stereocenters. The summed E-state index contributed by atoms with van der Waals surface area (Å²) < 4.78 is 26.8. The van der Waals surface area contributed by atoms with Crippen LogP contribution in [0.15, 0.2) is 78.5 Å². The van der Waals surface area contributed by atoms with Crippen molar-refractivity contribution in [3.63, 3.8) is 0 Å². The summed E-state index contributed by atoms with van der Waals surface area (Å²) >= 11 is -4.29. The fourth-order valence-electron chi connectivity index (χ4n) is 4.27. The second-order valence-electron chi connectivity index (χ2n) is 7.25. The SMILES string of the molecule is CC1=C(c2ccc3c(c2)-c2ccccc2[Se]3(=O)=O)N(C)CN1c1ccccc1. The Morgan fingerprint density at radius 2 is 1.50 bits per heavy atom. The summed E-state index contributed by atoms with van der Waals surface area (Å²) in [5.41, 5.74) is 6.13. The zero-order chi connectivity index (χ0) is 19.5. The maximum absolute atomic E-state index is 12.9. The Bertz CT molecular complexity index is 1230. The van der Waals surface area contributed by atoms with Gasteiger partial charge in [-0.25, -0.2) is 0 Å². The van der Waals surface area contributed by atoms with Gasteiger partial charge in [0.15, 0.2) is 0 Å². The fraction of sp³-hybridized carbons (Fsp3) is 0.130. The van der Waals surface area contributed by atoms with Crippen molar-refractivity contribution in [3.8, 4) is 11.1 Å². The molecule has 0 N–H and O–H groups in total. The number of rotatable bonds is 2. The zero-order valence-electron chi connectivity index (χ0n) is 15.8. The van der Waals surface area contributed by atoms with Gasteiger partial charge in [0.2, 0.25) is 0 Å². The van der Waals surface area contributed by atoms with Gasteiger partial charge in [0.05, 0.1) is 0 Å². The molecular weight excluding hydrogens is 415 g/mol. The Balaban J connectivity index is 1.66. The number of hydrogen-bond donors (Lipinski definition) is 0. The third-order valence-corrected chi connectivity index (χ3v) is 9.48. The summed E-state index contributed by atoms with van der Waals surface area (Å²) in [6.07, 6.45) is 0. The zero-order valence-corrected chi connectivity index (χ0v) is 17.5. The average Bonchev–Trinajstić information content (AvgIpc) is 3.13. The molecule has 0 bridgehead atoms. The number of para-hydroxylation sites is 1. The molecule has 0 fully saturated rings. The van der Waals surface area contributed by atoms with E-state index in [9.17, 15) is 7.67 Å². The van der Waals surface area contributed by atoms with Crippen LogP contribution in [0.2, 0.25) is 0 Å². The molecule has 0 atom stereocenters. The van der Waals surface area contributed by atoms with Crippen molar-refractivity contribution in [1.29, 1.82) is 0 Å². The second kappa shape index (κ2) is 6.06. The maximum atomic E-state index is 12.9. The number of allylic oxidation sites excluding steroid dienone is 1. The van der Waals surface area contributed by atoms with Crippen LogP contribution in [0.3, 0.4) is 0 Å². The molecule has 140 valence electrons. The summed E-state index contributed by atoms with van der Waals surface area (Å²) in [6.45, 7) is 2.89. The van der Waals surface area contributed by atoms with Gasteiger partial charge in [0.1, 0.15) is 0 Å². The van der Waals surface area contributed by atoms with Crippen molar-refractivity contribution in [2.45, 2.75) is 6.92 Å². The number of nitrogens with zero attached hydrogens (tertiary/aromatic N) is 2. The third-order valence-electron chi connectivity index (χ3n) is 5.56. The Hall–Kier alpha value is -2.88. The first-order chi connectivity index (χ1) is 13.5. The van der Waals surface area contributed by atoms with Gasteiger partial charge in [0.25, 0.3) is 0 Å². The molecule has 4 nitrogen and oxygen atoms in total.